The first-order valence-electron chi connectivity index (χ1n) is 13.6. The predicted octanol–water partition coefficient (Wildman–Crippen LogP) is 7.87. The maximum Gasteiger partial charge on any atom is 0.302 e. The van der Waals surface area contributed by atoms with Gasteiger partial charge in [-0.05, 0) is 91.0 Å². The highest BCUT2D eigenvalue weighted by atomic mass is 32.1. The van der Waals surface area contributed by atoms with E-state index in [0.29, 0.717) is 23.5 Å². The minimum atomic E-state index is -0.233. The third-order valence-electron chi connectivity index (χ3n) is 10.0. The van der Waals surface area contributed by atoms with Gasteiger partial charge in [0.25, 0.3) is 0 Å². The van der Waals surface area contributed by atoms with E-state index in [1.807, 2.05) is 6.07 Å². The van der Waals surface area contributed by atoms with Gasteiger partial charge in [-0.2, -0.15) is 0 Å². The van der Waals surface area contributed by atoms with Gasteiger partial charge >= 0.3 is 5.97 Å². The molecule has 0 saturated heterocycles. The van der Waals surface area contributed by atoms with E-state index in [0.717, 1.165) is 50.5 Å². The van der Waals surface area contributed by atoms with Crippen LogP contribution in [0.3, 0.4) is 0 Å². The number of rotatable bonds is 3. The number of hydrogen-bond acceptors (Lipinski definition) is 4. The van der Waals surface area contributed by atoms with Gasteiger partial charge in [0.05, 0.1) is 0 Å². The molecule has 4 aliphatic carbocycles. The molecule has 0 spiro atoms. The number of ketones is 1. The highest BCUT2D eigenvalue weighted by Crippen LogP contribution is 2.65. The van der Waals surface area contributed by atoms with Crippen molar-refractivity contribution in [3.8, 4) is 10.4 Å². The zero-order valence-corrected chi connectivity index (χ0v) is 22.4. The number of benzene rings is 1. The monoisotopic (exact) mass is 500 g/mol. The molecule has 0 amide bonds. The second-order valence-electron chi connectivity index (χ2n) is 12.0. The minimum absolute atomic E-state index is 0.0291. The molecule has 6 atom stereocenters. The molecule has 0 aliphatic heterocycles. The molecule has 3 fully saturated rings. The number of fused-ring (bicyclic) bond motifs is 5. The summed E-state index contributed by atoms with van der Waals surface area (Å²) < 4.78 is 5.59. The van der Waals surface area contributed by atoms with Crippen LogP contribution in [-0.4, -0.2) is 17.9 Å². The van der Waals surface area contributed by atoms with Crippen LogP contribution in [0.2, 0.25) is 0 Å². The Morgan fingerprint density at radius 2 is 1.78 bits per heavy atom. The van der Waals surface area contributed by atoms with Crippen molar-refractivity contribution in [1.29, 1.82) is 0 Å². The summed E-state index contributed by atoms with van der Waals surface area (Å²) in [5.74, 6) is 1.81. The Hall–Kier alpha value is -2.46. The summed E-state index contributed by atoms with van der Waals surface area (Å²) in [6, 6.07) is 14.8. The number of carbonyl (C=O) groups is 2. The molecule has 0 radical (unpaired) electrons. The summed E-state index contributed by atoms with van der Waals surface area (Å²) in [7, 11) is 0. The van der Waals surface area contributed by atoms with Gasteiger partial charge in [-0.1, -0.05) is 55.8 Å². The Bertz CT molecular complexity index is 1250. The standard InChI is InChI=1S/C32H36O3S/c1-20(33)35-24-13-15-31(2)23(19-24)9-11-26-27(31)14-16-32(3)28(26)18-22(30(32)34)17-25-10-12-29(36-25)21-7-5-4-6-8-21/h4-10,12,17,24,26-28H,11,13-16,18-19H2,1-3H3/b22-17+/t24-,26-,27+,28+,31-,32+/m0/s1. The van der Waals surface area contributed by atoms with Crippen LogP contribution in [0.5, 0.6) is 0 Å². The van der Waals surface area contributed by atoms with Crippen LogP contribution in [0, 0.1) is 28.6 Å². The number of esters is 1. The third-order valence-corrected chi connectivity index (χ3v) is 11.1. The molecule has 3 saturated carbocycles. The van der Waals surface area contributed by atoms with Crippen molar-refractivity contribution in [3.63, 3.8) is 0 Å². The van der Waals surface area contributed by atoms with E-state index in [-0.39, 0.29) is 22.9 Å². The Labute approximate surface area is 218 Å². The first kappa shape index (κ1) is 23.9. The van der Waals surface area contributed by atoms with Crippen molar-refractivity contribution in [2.24, 2.45) is 28.6 Å². The summed E-state index contributed by atoms with van der Waals surface area (Å²) in [5, 5.41) is 0. The van der Waals surface area contributed by atoms with Crippen LogP contribution >= 0.6 is 11.3 Å². The molecule has 36 heavy (non-hydrogen) atoms. The minimum Gasteiger partial charge on any atom is -0.462 e. The zero-order valence-electron chi connectivity index (χ0n) is 21.6. The fraction of sp³-hybridized carbons (Fsp3) is 0.500. The lowest BCUT2D eigenvalue weighted by atomic mass is 9.48. The molecular formula is C32H36O3S. The lowest BCUT2D eigenvalue weighted by Gasteiger charge is -2.56. The summed E-state index contributed by atoms with van der Waals surface area (Å²) in [5.41, 5.74) is 3.70. The highest BCUT2D eigenvalue weighted by molar-refractivity contribution is 7.16. The number of hydrogen-bond donors (Lipinski definition) is 0. The lowest BCUT2D eigenvalue weighted by molar-refractivity contribution is -0.148. The number of Topliss-reactive ketones (excluding diaryl/α,β-unsaturated/α-hetero) is 1. The topological polar surface area (TPSA) is 43.4 Å². The first-order valence-corrected chi connectivity index (χ1v) is 14.4. The van der Waals surface area contributed by atoms with E-state index in [2.05, 4.69) is 62.4 Å². The van der Waals surface area contributed by atoms with Crippen LogP contribution in [0.1, 0.15) is 70.6 Å². The second-order valence-corrected chi connectivity index (χ2v) is 13.1. The molecule has 2 aromatic rings. The van der Waals surface area contributed by atoms with Crippen molar-refractivity contribution in [1.82, 2.24) is 0 Å². The van der Waals surface area contributed by atoms with E-state index >= 15 is 0 Å². The normalized spacial score (nSPS) is 36.6. The molecule has 1 aromatic carbocycles. The summed E-state index contributed by atoms with van der Waals surface area (Å²) >= 11 is 1.77. The molecule has 0 unspecified atom stereocenters. The number of allylic oxidation sites excluding steroid dienone is 2. The van der Waals surface area contributed by atoms with Crippen LogP contribution in [0.4, 0.5) is 0 Å². The fourth-order valence-corrected chi connectivity index (χ4v) is 9.10. The van der Waals surface area contributed by atoms with E-state index < -0.39 is 0 Å². The van der Waals surface area contributed by atoms with Crippen LogP contribution in [0.25, 0.3) is 16.5 Å². The van der Waals surface area contributed by atoms with E-state index in [1.54, 1.807) is 11.3 Å². The van der Waals surface area contributed by atoms with Crippen molar-refractivity contribution in [2.75, 3.05) is 0 Å². The summed E-state index contributed by atoms with van der Waals surface area (Å²) in [4.78, 5) is 27.8. The van der Waals surface area contributed by atoms with Crippen molar-refractivity contribution >= 4 is 29.2 Å². The zero-order chi connectivity index (χ0) is 25.1. The van der Waals surface area contributed by atoms with Crippen LogP contribution < -0.4 is 0 Å². The van der Waals surface area contributed by atoms with Gasteiger partial charge in [-0.3, -0.25) is 9.59 Å². The largest absolute Gasteiger partial charge is 0.462 e. The fourth-order valence-electron chi connectivity index (χ4n) is 8.12. The summed E-state index contributed by atoms with van der Waals surface area (Å²) in [6.07, 6.45) is 11.7. The van der Waals surface area contributed by atoms with E-state index in [9.17, 15) is 9.59 Å². The van der Waals surface area contributed by atoms with Gasteiger partial charge in [0.2, 0.25) is 0 Å². The summed E-state index contributed by atoms with van der Waals surface area (Å²) in [6.45, 7) is 6.22. The molecule has 3 nitrogen and oxygen atoms in total. The third kappa shape index (κ3) is 3.84. The highest BCUT2D eigenvalue weighted by Gasteiger charge is 2.60. The molecule has 1 aromatic heterocycles. The SMILES string of the molecule is CC(=O)O[C@H]1CC[C@@]2(C)C(=CC[C@@H]3[C@H]4C/C(=C\c5ccc(-c6ccccc6)s5)C(=O)[C@]4(C)CC[C@H]32)C1. The maximum absolute atomic E-state index is 13.8. The Balaban J connectivity index is 1.25. The molecule has 0 bridgehead atoms. The van der Waals surface area contributed by atoms with Gasteiger partial charge in [0.15, 0.2) is 5.78 Å². The van der Waals surface area contributed by atoms with Crippen LogP contribution in [-0.2, 0) is 14.3 Å². The molecule has 6 rings (SSSR count). The first-order chi connectivity index (χ1) is 17.3. The second kappa shape index (κ2) is 8.83. The van der Waals surface area contributed by atoms with Crippen molar-refractivity contribution in [2.45, 2.75) is 71.8 Å². The number of ether oxygens (including phenoxy) is 1. The molecule has 4 heteroatoms. The molecule has 4 aliphatic rings. The van der Waals surface area contributed by atoms with Crippen molar-refractivity contribution < 1.29 is 14.3 Å². The molecule has 0 N–H and O–H groups in total. The van der Waals surface area contributed by atoms with Gasteiger partial charge < -0.3 is 4.74 Å². The predicted molar refractivity (Wildman–Crippen MR) is 145 cm³/mol. The van der Waals surface area contributed by atoms with Crippen molar-refractivity contribution in [3.05, 3.63) is 64.6 Å². The van der Waals surface area contributed by atoms with Gasteiger partial charge in [-0.15, -0.1) is 11.3 Å². The Morgan fingerprint density at radius 3 is 2.56 bits per heavy atom. The van der Waals surface area contributed by atoms with Gasteiger partial charge in [0.1, 0.15) is 6.10 Å². The molecule has 1 heterocycles. The Kier molecular flexibility index (Phi) is 5.87. The molecule has 188 valence electrons. The van der Waals surface area contributed by atoms with Crippen LogP contribution in [0.15, 0.2) is 59.7 Å². The quantitative estimate of drug-likeness (QED) is 0.245. The van der Waals surface area contributed by atoms with E-state index in [1.165, 1.54) is 27.8 Å². The smallest absolute Gasteiger partial charge is 0.302 e. The average molecular weight is 501 g/mol. The average Bonchev–Trinajstić information content (AvgIpc) is 3.43. The Morgan fingerprint density at radius 1 is 1.00 bits per heavy atom. The van der Waals surface area contributed by atoms with Gasteiger partial charge in [-0.25, -0.2) is 0 Å². The number of carbonyl (C=O) groups excluding carboxylic acids is 2. The number of thiophene rings is 1. The lowest BCUT2D eigenvalue weighted by Crippen LogP contribution is -2.50. The maximum atomic E-state index is 13.8. The van der Waals surface area contributed by atoms with Gasteiger partial charge in [0, 0.05) is 28.5 Å². The van der Waals surface area contributed by atoms with E-state index in [4.69, 9.17) is 4.74 Å². The molecular weight excluding hydrogens is 464 g/mol.